The van der Waals surface area contributed by atoms with E-state index in [0.717, 1.165) is 13.1 Å². The average molecular weight is 299 g/mol. The van der Waals surface area contributed by atoms with Gasteiger partial charge in [-0.3, -0.25) is 0 Å². The molecule has 2 aromatic carbocycles. The topological polar surface area (TPSA) is 30.0 Å². The van der Waals surface area contributed by atoms with Crippen LogP contribution in [0.4, 0.5) is 0 Å². The molecule has 2 heteroatoms. The van der Waals surface area contributed by atoms with Crippen LogP contribution in [-0.2, 0) is 13.1 Å². The summed E-state index contributed by atoms with van der Waals surface area (Å²) in [5.74, 6) is 0. The van der Waals surface area contributed by atoms with E-state index in [1.165, 1.54) is 41.5 Å². The normalized spacial score (nSPS) is 11.0. The SMILES string of the molecule is CCC[N+](CCC)(Cc1ccccc1)Cc1ccccc1.[OH-]. The molecule has 0 spiro atoms. The molecular formula is C20H29NO. The summed E-state index contributed by atoms with van der Waals surface area (Å²) < 4.78 is 1.17. The van der Waals surface area contributed by atoms with Crippen molar-refractivity contribution in [2.75, 3.05) is 13.1 Å². The maximum absolute atomic E-state index is 2.30. The summed E-state index contributed by atoms with van der Waals surface area (Å²) in [5.41, 5.74) is 2.91. The second-order valence-electron chi connectivity index (χ2n) is 6.08. The zero-order chi connectivity index (χ0) is 15.0. The lowest BCUT2D eigenvalue weighted by molar-refractivity contribution is -0.953. The van der Waals surface area contributed by atoms with Crippen LogP contribution >= 0.6 is 0 Å². The maximum atomic E-state index is 2.30. The molecule has 1 N–H and O–H groups in total. The quantitative estimate of drug-likeness (QED) is 0.641. The molecule has 2 aromatic rings. The minimum Gasteiger partial charge on any atom is -0.870 e. The summed E-state index contributed by atoms with van der Waals surface area (Å²) >= 11 is 0. The number of quaternary nitrogens is 1. The first-order valence-corrected chi connectivity index (χ1v) is 8.21. The van der Waals surface area contributed by atoms with Gasteiger partial charge in [-0.05, 0) is 12.8 Å². The Kier molecular flexibility index (Phi) is 7.86. The van der Waals surface area contributed by atoms with Crippen molar-refractivity contribution in [2.45, 2.75) is 39.8 Å². The van der Waals surface area contributed by atoms with E-state index in [2.05, 4.69) is 74.5 Å². The van der Waals surface area contributed by atoms with Crippen LogP contribution in [0.3, 0.4) is 0 Å². The molecule has 0 aliphatic carbocycles. The molecule has 0 saturated carbocycles. The van der Waals surface area contributed by atoms with Crippen LogP contribution in [0.5, 0.6) is 0 Å². The Morgan fingerprint density at radius 2 is 1.00 bits per heavy atom. The van der Waals surface area contributed by atoms with Crippen LogP contribution in [0.2, 0.25) is 0 Å². The summed E-state index contributed by atoms with van der Waals surface area (Å²) in [6.45, 7) is 9.38. The third kappa shape index (κ3) is 5.28. The van der Waals surface area contributed by atoms with Crippen molar-refractivity contribution < 1.29 is 9.96 Å². The highest BCUT2D eigenvalue weighted by Crippen LogP contribution is 2.21. The first kappa shape index (κ1) is 18.4. The van der Waals surface area contributed by atoms with Gasteiger partial charge < -0.3 is 9.96 Å². The second kappa shape index (κ2) is 9.39. The smallest absolute Gasteiger partial charge is 0.105 e. The summed E-state index contributed by atoms with van der Waals surface area (Å²) in [7, 11) is 0. The van der Waals surface area contributed by atoms with Crippen molar-refractivity contribution in [2.24, 2.45) is 0 Å². The standard InChI is InChI=1S/C20H28N.H2O/c1-3-15-21(16-4-2,17-19-11-7-5-8-12-19)18-20-13-9-6-10-14-20;/h5-14H,3-4,15-18H2,1-2H3;1H2/q+1;/p-1. The van der Waals surface area contributed by atoms with Crippen molar-refractivity contribution in [1.82, 2.24) is 0 Å². The molecule has 0 saturated heterocycles. The van der Waals surface area contributed by atoms with Gasteiger partial charge in [0.05, 0.1) is 13.1 Å². The van der Waals surface area contributed by atoms with Gasteiger partial charge in [-0.1, -0.05) is 74.5 Å². The molecule has 120 valence electrons. The fourth-order valence-corrected chi connectivity index (χ4v) is 3.37. The van der Waals surface area contributed by atoms with Gasteiger partial charge in [0.2, 0.25) is 0 Å². The van der Waals surface area contributed by atoms with E-state index in [0.29, 0.717) is 0 Å². The number of nitrogens with zero attached hydrogens (tertiary/aromatic N) is 1. The molecule has 0 unspecified atom stereocenters. The molecule has 2 nitrogen and oxygen atoms in total. The number of hydrogen-bond donors (Lipinski definition) is 0. The Morgan fingerprint density at radius 3 is 1.32 bits per heavy atom. The fraction of sp³-hybridized carbons (Fsp3) is 0.400. The Bertz CT molecular complexity index is 460. The van der Waals surface area contributed by atoms with E-state index in [1.54, 1.807) is 0 Å². The lowest BCUT2D eigenvalue weighted by atomic mass is 10.1. The Morgan fingerprint density at radius 1 is 0.636 bits per heavy atom. The fourth-order valence-electron chi connectivity index (χ4n) is 3.37. The van der Waals surface area contributed by atoms with Crippen molar-refractivity contribution in [3.05, 3.63) is 71.8 Å². The Hall–Kier alpha value is -1.64. The number of hydrogen-bond acceptors (Lipinski definition) is 1. The van der Waals surface area contributed by atoms with Crippen LogP contribution in [-0.4, -0.2) is 23.0 Å². The highest BCUT2D eigenvalue weighted by molar-refractivity contribution is 5.15. The van der Waals surface area contributed by atoms with E-state index in [9.17, 15) is 0 Å². The highest BCUT2D eigenvalue weighted by Gasteiger charge is 2.26. The van der Waals surface area contributed by atoms with Gasteiger partial charge in [0.15, 0.2) is 0 Å². The van der Waals surface area contributed by atoms with Gasteiger partial charge in [-0.15, -0.1) is 0 Å². The second-order valence-corrected chi connectivity index (χ2v) is 6.08. The molecule has 0 heterocycles. The first-order valence-electron chi connectivity index (χ1n) is 8.21. The molecule has 2 rings (SSSR count). The van der Waals surface area contributed by atoms with Crippen molar-refractivity contribution in [3.63, 3.8) is 0 Å². The van der Waals surface area contributed by atoms with E-state index < -0.39 is 0 Å². The van der Waals surface area contributed by atoms with Gasteiger partial charge in [-0.2, -0.15) is 0 Å². The minimum absolute atomic E-state index is 0. The van der Waals surface area contributed by atoms with Gasteiger partial charge in [0, 0.05) is 11.1 Å². The zero-order valence-corrected chi connectivity index (χ0v) is 13.9. The van der Waals surface area contributed by atoms with Crippen LogP contribution in [0.1, 0.15) is 37.8 Å². The van der Waals surface area contributed by atoms with E-state index >= 15 is 0 Å². The summed E-state index contributed by atoms with van der Waals surface area (Å²) in [5, 5.41) is 0. The molecule has 0 aromatic heterocycles. The summed E-state index contributed by atoms with van der Waals surface area (Å²) in [6.07, 6.45) is 2.47. The molecule has 0 aliphatic heterocycles. The molecule has 0 aliphatic rings. The molecule has 0 amide bonds. The lowest BCUT2D eigenvalue weighted by Gasteiger charge is -2.39. The number of benzene rings is 2. The van der Waals surface area contributed by atoms with Crippen molar-refractivity contribution in [1.29, 1.82) is 0 Å². The minimum atomic E-state index is 0. The van der Waals surface area contributed by atoms with E-state index in [4.69, 9.17) is 0 Å². The average Bonchev–Trinajstić information content (AvgIpc) is 2.50. The Balaban J connectivity index is 0.00000242. The summed E-state index contributed by atoms with van der Waals surface area (Å²) in [4.78, 5) is 0. The Labute approximate surface area is 135 Å². The van der Waals surface area contributed by atoms with Crippen LogP contribution in [0, 0.1) is 0 Å². The van der Waals surface area contributed by atoms with Gasteiger partial charge >= 0.3 is 0 Å². The first-order chi connectivity index (χ1) is 10.3. The van der Waals surface area contributed by atoms with E-state index in [-0.39, 0.29) is 5.48 Å². The molecule has 22 heavy (non-hydrogen) atoms. The van der Waals surface area contributed by atoms with Gasteiger partial charge in [0.1, 0.15) is 13.1 Å². The van der Waals surface area contributed by atoms with Gasteiger partial charge in [-0.25, -0.2) is 0 Å². The van der Waals surface area contributed by atoms with Crippen molar-refractivity contribution in [3.8, 4) is 0 Å². The van der Waals surface area contributed by atoms with Crippen LogP contribution in [0.25, 0.3) is 0 Å². The molecule has 0 atom stereocenters. The highest BCUT2D eigenvalue weighted by atomic mass is 16.0. The number of rotatable bonds is 8. The lowest BCUT2D eigenvalue weighted by Crippen LogP contribution is -2.47. The third-order valence-corrected chi connectivity index (χ3v) is 4.12. The van der Waals surface area contributed by atoms with Gasteiger partial charge in [0.25, 0.3) is 0 Å². The predicted molar refractivity (Wildman–Crippen MR) is 92.8 cm³/mol. The monoisotopic (exact) mass is 299 g/mol. The van der Waals surface area contributed by atoms with Crippen molar-refractivity contribution >= 4 is 0 Å². The molecule has 0 bridgehead atoms. The summed E-state index contributed by atoms with van der Waals surface area (Å²) in [6, 6.07) is 21.9. The molecular weight excluding hydrogens is 270 g/mol. The predicted octanol–water partition coefficient (Wildman–Crippen LogP) is 4.85. The molecule has 0 radical (unpaired) electrons. The largest absolute Gasteiger partial charge is 0.870 e. The van der Waals surface area contributed by atoms with Crippen LogP contribution < -0.4 is 0 Å². The van der Waals surface area contributed by atoms with Crippen LogP contribution in [0.15, 0.2) is 60.7 Å². The molecule has 0 fully saturated rings. The zero-order valence-electron chi connectivity index (χ0n) is 13.9. The van der Waals surface area contributed by atoms with E-state index in [1.807, 2.05) is 0 Å². The maximum Gasteiger partial charge on any atom is 0.105 e. The third-order valence-electron chi connectivity index (χ3n) is 4.12.